The number of aromatic nitrogens is 2. The summed E-state index contributed by atoms with van der Waals surface area (Å²) in [5.74, 6) is 1.92. The Morgan fingerprint density at radius 1 is 1.17 bits per heavy atom. The summed E-state index contributed by atoms with van der Waals surface area (Å²) in [5, 5.41) is 8.25. The van der Waals surface area contributed by atoms with Crippen molar-refractivity contribution in [2.75, 3.05) is 25.6 Å². The molecule has 6 nitrogen and oxygen atoms in total. The van der Waals surface area contributed by atoms with Gasteiger partial charge in [0.05, 0.1) is 12.0 Å². The first kappa shape index (κ1) is 20.5. The van der Waals surface area contributed by atoms with E-state index in [9.17, 15) is 0 Å². The quantitative estimate of drug-likeness (QED) is 0.322. The summed E-state index contributed by atoms with van der Waals surface area (Å²) in [4.78, 5) is 9.49. The molecule has 2 aromatic carbocycles. The molecule has 2 heterocycles. The first-order valence-corrected chi connectivity index (χ1v) is 11.1. The molecule has 0 amide bonds. The molecule has 156 valence electrons. The molecule has 0 aliphatic carbocycles. The topological polar surface area (TPSA) is 60.7 Å². The molecule has 1 saturated heterocycles. The van der Waals surface area contributed by atoms with Gasteiger partial charge in [-0.3, -0.25) is 0 Å². The second kappa shape index (κ2) is 10.3. The Balaban J connectivity index is 1.19. The molecular weight excluding hydrogens is 396 g/mol. The highest BCUT2D eigenvalue weighted by molar-refractivity contribution is 8.00. The largest absolute Gasteiger partial charge is 0.490 e. The normalized spacial score (nSPS) is 16.6. The number of thioether (sulfide) groups is 1. The van der Waals surface area contributed by atoms with E-state index in [1.165, 1.54) is 5.56 Å². The molecular formula is C23H26N4O2S. The summed E-state index contributed by atoms with van der Waals surface area (Å²) in [6, 6.07) is 16.5. The molecule has 1 aliphatic rings. The molecule has 0 saturated carbocycles. The van der Waals surface area contributed by atoms with Crippen LogP contribution in [0, 0.1) is 0 Å². The average Bonchev–Trinajstić information content (AvgIpc) is 3.49. The first-order valence-electron chi connectivity index (χ1n) is 10.1. The van der Waals surface area contributed by atoms with Crippen molar-refractivity contribution in [3.63, 3.8) is 0 Å². The summed E-state index contributed by atoms with van der Waals surface area (Å²) in [6.45, 7) is 3.88. The summed E-state index contributed by atoms with van der Waals surface area (Å²) in [7, 11) is 0. The third-order valence-electron chi connectivity index (χ3n) is 4.91. The monoisotopic (exact) mass is 422 g/mol. The second-order valence-corrected chi connectivity index (χ2v) is 8.40. The molecule has 1 unspecified atom stereocenters. The van der Waals surface area contributed by atoms with E-state index in [-0.39, 0.29) is 0 Å². The highest BCUT2D eigenvalue weighted by Gasteiger charge is 2.15. The van der Waals surface area contributed by atoms with Gasteiger partial charge in [0.1, 0.15) is 12.4 Å². The fourth-order valence-electron chi connectivity index (χ4n) is 3.25. The van der Waals surface area contributed by atoms with E-state index < -0.39 is 0 Å². The van der Waals surface area contributed by atoms with Gasteiger partial charge in [0, 0.05) is 35.8 Å². The van der Waals surface area contributed by atoms with Gasteiger partial charge in [-0.25, -0.2) is 4.98 Å². The van der Waals surface area contributed by atoms with Crippen molar-refractivity contribution in [1.29, 1.82) is 0 Å². The maximum atomic E-state index is 5.76. The molecule has 1 N–H and O–H groups in total. The Bertz CT molecular complexity index is 934. The third-order valence-corrected chi connectivity index (χ3v) is 6.09. The molecule has 1 aliphatic heterocycles. The summed E-state index contributed by atoms with van der Waals surface area (Å²) >= 11 is 1.99. The summed E-state index contributed by atoms with van der Waals surface area (Å²) < 4.78 is 7.71. The number of imidazole rings is 1. The zero-order chi connectivity index (χ0) is 20.6. The number of hydrogen-bond donors (Lipinski definition) is 1. The maximum absolute atomic E-state index is 5.76. The molecule has 1 atom stereocenters. The van der Waals surface area contributed by atoms with Crippen LogP contribution in [0.15, 0.2) is 72.4 Å². The van der Waals surface area contributed by atoms with Crippen LogP contribution in [-0.2, 0) is 11.3 Å². The maximum Gasteiger partial charge on any atom is 0.151 e. The summed E-state index contributed by atoms with van der Waals surface area (Å²) in [6.07, 6.45) is 6.55. The lowest BCUT2D eigenvalue weighted by Gasteiger charge is -2.09. The molecule has 30 heavy (non-hydrogen) atoms. The van der Waals surface area contributed by atoms with Gasteiger partial charge in [-0.2, -0.15) is 0 Å². The van der Waals surface area contributed by atoms with Crippen LogP contribution < -0.4 is 10.1 Å². The van der Waals surface area contributed by atoms with Crippen molar-refractivity contribution < 1.29 is 9.57 Å². The van der Waals surface area contributed by atoms with Crippen LogP contribution in [0.5, 0.6) is 5.75 Å². The van der Waals surface area contributed by atoms with Crippen molar-refractivity contribution in [3.8, 4) is 11.4 Å². The van der Waals surface area contributed by atoms with E-state index in [1.54, 1.807) is 12.5 Å². The van der Waals surface area contributed by atoms with E-state index in [2.05, 4.69) is 27.6 Å². The van der Waals surface area contributed by atoms with E-state index >= 15 is 0 Å². The van der Waals surface area contributed by atoms with Crippen molar-refractivity contribution in [1.82, 2.24) is 14.9 Å². The number of oxime groups is 1. The molecule has 0 bridgehead atoms. The van der Waals surface area contributed by atoms with Crippen LogP contribution in [0.3, 0.4) is 0 Å². The Kier molecular flexibility index (Phi) is 7.05. The van der Waals surface area contributed by atoms with Gasteiger partial charge in [0.25, 0.3) is 0 Å². The summed E-state index contributed by atoms with van der Waals surface area (Å²) in [5.41, 5.74) is 4.25. The lowest BCUT2D eigenvalue weighted by molar-refractivity contribution is 0.107. The van der Waals surface area contributed by atoms with Gasteiger partial charge in [-0.1, -0.05) is 29.4 Å². The predicted octanol–water partition coefficient (Wildman–Crippen LogP) is 3.90. The molecule has 1 aromatic heterocycles. The molecule has 0 radical (unpaired) electrons. The number of nitrogens with zero attached hydrogens (tertiary/aromatic N) is 3. The van der Waals surface area contributed by atoms with Crippen LogP contribution in [0.4, 0.5) is 0 Å². The Morgan fingerprint density at radius 2 is 2.00 bits per heavy atom. The van der Waals surface area contributed by atoms with E-state index in [1.807, 2.05) is 65.8 Å². The molecule has 7 heteroatoms. The number of benzene rings is 2. The number of rotatable bonds is 9. The minimum Gasteiger partial charge on any atom is -0.490 e. The highest BCUT2D eigenvalue weighted by atomic mass is 32.2. The fourth-order valence-corrected chi connectivity index (χ4v) is 4.27. The van der Waals surface area contributed by atoms with Crippen LogP contribution >= 0.6 is 11.8 Å². The second-order valence-electron chi connectivity index (χ2n) is 7.11. The average molecular weight is 423 g/mol. The predicted molar refractivity (Wildman–Crippen MR) is 122 cm³/mol. The Morgan fingerprint density at radius 3 is 2.70 bits per heavy atom. The molecule has 1 fully saturated rings. The highest BCUT2D eigenvalue weighted by Crippen LogP contribution is 2.21. The number of nitrogens with one attached hydrogen (secondary N) is 1. The van der Waals surface area contributed by atoms with Gasteiger partial charge in [-0.15, -0.1) is 11.8 Å². The van der Waals surface area contributed by atoms with Gasteiger partial charge in [0.15, 0.2) is 6.61 Å². The SMILES string of the molecule is CC(=NOCCOc1ccc(CC2CNCS2)cc1)c1ccc(-n2ccnc2)cc1. The zero-order valence-electron chi connectivity index (χ0n) is 17.0. The van der Waals surface area contributed by atoms with Crippen molar-refractivity contribution in [2.24, 2.45) is 5.16 Å². The number of ether oxygens (including phenoxy) is 1. The van der Waals surface area contributed by atoms with Crippen LogP contribution in [0.1, 0.15) is 18.1 Å². The zero-order valence-corrected chi connectivity index (χ0v) is 17.8. The van der Waals surface area contributed by atoms with E-state index in [0.717, 1.165) is 41.6 Å². The fraction of sp³-hybridized carbons (Fsp3) is 0.304. The first-order chi connectivity index (χ1) is 14.8. The van der Waals surface area contributed by atoms with E-state index in [4.69, 9.17) is 9.57 Å². The minimum atomic E-state index is 0.399. The van der Waals surface area contributed by atoms with Gasteiger partial charge < -0.3 is 19.5 Å². The lowest BCUT2D eigenvalue weighted by atomic mass is 10.1. The number of hydrogen-bond acceptors (Lipinski definition) is 6. The van der Waals surface area contributed by atoms with Crippen molar-refractivity contribution in [2.45, 2.75) is 18.6 Å². The van der Waals surface area contributed by atoms with Crippen LogP contribution in [-0.4, -0.2) is 46.1 Å². The Labute approximate surface area is 181 Å². The Hall–Kier alpha value is -2.77. The molecule has 3 aromatic rings. The van der Waals surface area contributed by atoms with Crippen molar-refractivity contribution in [3.05, 3.63) is 78.4 Å². The molecule has 4 rings (SSSR count). The van der Waals surface area contributed by atoms with Crippen LogP contribution in [0.25, 0.3) is 5.69 Å². The van der Waals surface area contributed by atoms with Gasteiger partial charge in [0.2, 0.25) is 0 Å². The third kappa shape index (κ3) is 5.64. The van der Waals surface area contributed by atoms with Crippen LogP contribution in [0.2, 0.25) is 0 Å². The van der Waals surface area contributed by atoms with Gasteiger partial charge >= 0.3 is 0 Å². The smallest absolute Gasteiger partial charge is 0.151 e. The lowest BCUT2D eigenvalue weighted by Crippen LogP contribution is -2.14. The van der Waals surface area contributed by atoms with Crippen molar-refractivity contribution >= 4 is 17.5 Å². The van der Waals surface area contributed by atoms with Gasteiger partial charge in [-0.05, 0) is 48.7 Å². The molecule has 0 spiro atoms. The van der Waals surface area contributed by atoms with E-state index in [0.29, 0.717) is 18.5 Å². The minimum absolute atomic E-state index is 0.399. The standard InChI is InChI=1S/C23H26N4O2S/c1-18(20-4-6-21(7-5-20)27-11-10-24-16-27)26-29-13-12-28-22-8-2-19(3-9-22)14-23-15-25-17-30-23/h2-11,16,23,25H,12-15,17H2,1H3.